The summed E-state index contributed by atoms with van der Waals surface area (Å²) < 4.78 is 11.4. The molecule has 0 saturated carbocycles. The number of anilines is 2. The Labute approximate surface area is 168 Å². The molecular weight excluding hydrogens is 376 g/mol. The van der Waals surface area contributed by atoms with Crippen molar-refractivity contribution in [3.8, 4) is 11.5 Å². The van der Waals surface area contributed by atoms with Crippen molar-refractivity contribution in [2.75, 3.05) is 18.1 Å². The van der Waals surface area contributed by atoms with Gasteiger partial charge in [-0.1, -0.05) is 0 Å². The van der Waals surface area contributed by atoms with Crippen molar-refractivity contribution in [3.05, 3.63) is 64.6 Å². The highest BCUT2D eigenvalue weighted by Gasteiger charge is 2.15. The second-order valence-corrected chi connectivity index (χ2v) is 6.87. The molecule has 0 aliphatic rings. The highest BCUT2D eigenvalue weighted by molar-refractivity contribution is 7.09. The smallest absolute Gasteiger partial charge is 0.335 e. The SMILES string of the molecule is CCOc1ccc(N(Cc2cncs2)c2ccc(C(=O)O)cc2)cc1OCC. The number of benzene rings is 2. The van der Waals surface area contributed by atoms with Crippen LogP contribution < -0.4 is 14.4 Å². The van der Waals surface area contributed by atoms with Gasteiger partial charge in [-0.05, 0) is 50.2 Å². The van der Waals surface area contributed by atoms with Crippen LogP contribution in [0, 0.1) is 0 Å². The summed E-state index contributed by atoms with van der Waals surface area (Å²) in [5.74, 6) is 0.436. The van der Waals surface area contributed by atoms with Crippen LogP contribution in [0.5, 0.6) is 11.5 Å². The van der Waals surface area contributed by atoms with E-state index < -0.39 is 5.97 Å². The van der Waals surface area contributed by atoms with Gasteiger partial charge in [0.15, 0.2) is 11.5 Å². The molecule has 0 atom stereocenters. The number of hydrogen-bond donors (Lipinski definition) is 1. The first kappa shape index (κ1) is 19.7. The van der Waals surface area contributed by atoms with E-state index in [1.54, 1.807) is 41.1 Å². The Morgan fingerprint density at radius 1 is 1.04 bits per heavy atom. The zero-order valence-corrected chi connectivity index (χ0v) is 16.6. The number of rotatable bonds is 9. The maximum Gasteiger partial charge on any atom is 0.335 e. The number of hydrogen-bond acceptors (Lipinski definition) is 6. The summed E-state index contributed by atoms with van der Waals surface area (Å²) in [6.07, 6.45) is 1.83. The quantitative estimate of drug-likeness (QED) is 0.548. The third-order valence-corrected chi connectivity index (χ3v) is 4.83. The first-order valence-electron chi connectivity index (χ1n) is 9.00. The number of thiazole rings is 1. The van der Waals surface area contributed by atoms with Crippen LogP contribution in [0.4, 0.5) is 11.4 Å². The minimum atomic E-state index is -0.944. The molecule has 0 bridgehead atoms. The lowest BCUT2D eigenvalue weighted by molar-refractivity contribution is 0.0697. The van der Waals surface area contributed by atoms with E-state index in [1.807, 2.05) is 38.2 Å². The second-order valence-electron chi connectivity index (χ2n) is 5.90. The number of nitrogens with zero attached hydrogens (tertiary/aromatic N) is 2. The molecule has 7 heteroatoms. The first-order valence-corrected chi connectivity index (χ1v) is 9.88. The molecule has 28 heavy (non-hydrogen) atoms. The second kappa shape index (κ2) is 9.23. The van der Waals surface area contributed by atoms with Crippen molar-refractivity contribution in [1.29, 1.82) is 0 Å². The molecule has 3 rings (SSSR count). The van der Waals surface area contributed by atoms with E-state index in [9.17, 15) is 4.79 Å². The summed E-state index contributed by atoms with van der Waals surface area (Å²) in [5.41, 5.74) is 3.85. The topological polar surface area (TPSA) is 71.9 Å². The highest BCUT2D eigenvalue weighted by Crippen LogP contribution is 2.36. The van der Waals surface area contributed by atoms with Crippen LogP contribution in [0.3, 0.4) is 0 Å². The van der Waals surface area contributed by atoms with Crippen LogP contribution in [0.25, 0.3) is 0 Å². The summed E-state index contributed by atoms with van der Waals surface area (Å²) in [6.45, 7) is 5.56. The fourth-order valence-corrected chi connectivity index (χ4v) is 3.38. The number of ether oxygens (including phenoxy) is 2. The molecule has 2 aromatic carbocycles. The number of aromatic nitrogens is 1. The van der Waals surface area contributed by atoms with Crippen LogP contribution in [0.1, 0.15) is 29.1 Å². The van der Waals surface area contributed by atoms with Gasteiger partial charge in [0.05, 0.1) is 30.8 Å². The fourth-order valence-electron chi connectivity index (χ4n) is 2.80. The lowest BCUT2D eigenvalue weighted by Gasteiger charge is -2.25. The van der Waals surface area contributed by atoms with Gasteiger partial charge in [0.1, 0.15) is 0 Å². The Balaban J connectivity index is 2.00. The summed E-state index contributed by atoms with van der Waals surface area (Å²) in [6, 6.07) is 12.6. The molecule has 0 fully saturated rings. The number of carboxylic acids is 1. The molecule has 146 valence electrons. The van der Waals surface area contributed by atoms with Crippen molar-refractivity contribution in [2.24, 2.45) is 0 Å². The Kier molecular flexibility index (Phi) is 6.49. The molecule has 0 aliphatic carbocycles. The molecule has 1 aromatic heterocycles. The average molecular weight is 398 g/mol. The predicted octanol–water partition coefficient (Wildman–Crippen LogP) is 4.98. The van der Waals surface area contributed by atoms with E-state index in [0.29, 0.717) is 31.3 Å². The minimum absolute atomic E-state index is 0.253. The van der Waals surface area contributed by atoms with E-state index in [2.05, 4.69) is 9.88 Å². The monoisotopic (exact) mass is 398 g/mol. The van der Waals surface area contributed by atoms with E-state index in [4.69, 9.17) is 14.6 Å². The van der Waals surface area contributed by atoms with Gasteiger partial charge in [-0.3, -0.25) is 4.98 Å². The van der Waals surface area contributed by atoms with Crippen LogP contribution in [0.15, 0.2) is 54.2 Å². The zero-order valence-electron chi connectivity index (χ0n) is 15.8. The van der Waals surface area contributed by atoms with Crippen molar-refractivity contribution < 1.29 is 19.4 Å². The van der Waals surface area contributed by atoms with Crippen molar-refractivity contribution in [3.63, 3.8) is 0 Å². The van der Waals surface area contributed by atoms with Crippen LogP contribution in [0.2, 0.25) is 0 Å². The van der Waals surface area contributed by atoms with E-state index in [0.717, 1.165) is 16.3 Å². The van der Waals surface area contributed by atoms with Gasteiger partial charge in [-0.15, -0.1) is 11.3 Å². The third-order valence-electron chi connectivity index (χ3n) is 4.06. The molecular formula is C21H22N2O4S. The van der Waals surface area contributed by atoms with Crippen molar-refractivity contribution in [1.82, 2.24) is 4.98 Å². The normalized spacial score (nSPS) is 10.5. The molecule has 0 spiro atoms. The molecule has 1 heterocycles. The van der Waals surface area contributed by atoms with Gasteiger partial charge in [0.25, 0.3) is 0 Å². The van der Waals surface area contributed by atoms with Crippen molar-refractivity contribution in [2.45, 2.75) is 20.4 Å². The van der Waals surface area contributed by atoms with Gasteiger partial charge in [0, 0.05) is 28.5 Å². The van der Waals surface area contributed by atoms with E-state index in [1.165, 1.54) is 0 Å². The van der Waals surface area contributed by atoms with Gasteiger partial charge >= 0.3 is 5.97 Å². The summed E-state index contributed by atoms with van der Waals surface area (Å²) in [5, 5.41) is 9.16. The molecule has 0 radical (unpaired) electrons. The zero-order chi connectivity index (χ0) is 19.9. The van der Waals surface area contributed by atoms with Crippen LogP contribution in [-0.4, -0.2) is 29.3 Å². The first-order chi connectivity index (χ1) is 13.6. The van der Waals surface area contributed by atoms with E-state index >= 15 is 0 Å². The van der Waals surface area contributed by atoms with Gasteiger partial charge < -0.3 is 19.5 Å². The van der Waals surface area contributed by atoms with E-state index in [-0.39, 0.29) is 5.56 Å². The van der Waals surface area contributed by atoms with Gasteiger partial charge in [-0.2, -0.15) is 0 Å². The standard InChI is InChI=1S/C21H22N2O4S/c1-3-26-19-10-9-17(11-20(19)27-4-2)23(13-18-12-22-14-28-18)16-7-5-15(6-8-16)21(24)25/h5-12,14H,3-4,13H2,1-2H3,(H,24,25). The van der Waals surface area contributed by atoms with Gasteiger partial charge in [0.2, 0.25) is 0 Å². The Bertz CT molecular complexity index is 911. The lowest BCUT2D eigenvalue weighted by Crippen LogP contribution is -2.16. The maximum atomic E-state index is 11.2. The average Bonchev–Trinajstić information content (AvgIpc) is 3.21. The predicted molar refractivity (Wildman–Crippen MR) is 110 cm³/mol. The lowest BCUT2D eigenvalue weighted by atomic mass is 10.1. The number of carbonyl (C=O) groups is 1. The molecule has 0 amide bonds. The van der Waals surface area contributed by atoms with Crippen molar-refractivity contribution >= 4 is 28.7 Å². The number of aromatic carboxylic acids is 1. The molecule has 0 aliphatic heterocycles. The largest absolute Gasteiger partial charge is 0.490 e. The van der Waals surface area contributed by atoms with Crippen LogP contribution >= 0.6 is 11.3 Å². The summed E-state index contributed by atoms with van der Waals surface area (Å²) in [7, 11) is 0. The highest BCUT2D eigenvalue weighted by atomic mass is 32.1. The summed E-state index contributed by atoms with van der Waals surface area (Å²) >= 11 is 1.57. The summed E-state index contributed by atoms with van der Waals surface area (Å²) in [4.78, 5) is 18.5. The fraction of sp³-hybridized carbons (Fsp3) is 0.238. The third kappa shape index (κ3) is 4.61. The Morgan fingerprint density at radius 3 is 2.32 bits per heavy atom. The van der Waals surface area contributed by atoms with Crippen LogP contribution in [-0.2, 0) is 6.54 Å². The molecule has 3 aromatic rings. The molecule has 6 nitrogen and oxygen atoms in total. The minimum Gasteiger partial charge on any atom is -0.490 e. The molecule has 0 unspecified atom stereocenters. The molecule has 1 N–H and O–H groups in total. The Morgan fingerprint density at radius 2 is 1.71 bits per heavy atom. The maximum absolute atomic E-state index is 11.2. The van der Waals surface area contributed by atoms with Gasteiger partial charge in [-0.25, -0.2) is 4.79 Å². The molecule has 0 saturated heterocycles. The number of carboxylic acid groups (broad SMARTS) is 1. The Hall–Kier alpha value is -3.06.